The molecular weight excluding hydrogens is 304 g/mol. The number of rotatable bonds is 5. The molecule has 1 saturated carbocycles. The number of hydrogen-bond donors (Lipinski definition) is 1. The summed E-state index contributed by atoms with van der Waals surface area (Å²) in [6.07, 6.45) is 10.4. The molecule has 1 amide bonds. The first-order valence-corrected chi connectivity index (χ1v) is 8.48. The van der Waals surface area contributed by atoms with Gasteiger partial charge in [-0.15, -0.1) is 0 Å². The Morgan fingerprint density at radius 2 is 2.04 bits per heavy atom. The van der Waals surface area contributed by atoms with Gasteiger partial charge in [-0.2, -0.15) is 0 Å². The maximum Gasteiger partial charge on any atom is 0.232 e. The molecule has 6 heteroatoms. The van der Waals surface area contributed by atoms with Crippen LogP contribution in [0.5, 0.6) is 5.88 Å². The number of nitrogens with zero attached hydrogens (tertiary/aromatic N) is 3. The van der Waals surface area contributed by atoms with E-state index in [1.165, 1.54) is 6.42 Å². The number of aromatic nitrogens is 3. The largest absolute Gasteiger partial charge is 0.477 e. The lowest BCUT2D eigenvalue weighted by Crippen LogP contribution is -2.25. The van der Waals surface area contributed by atoms with Gasteiger partial charge in [-0.05, 0) is 31.9 Å². The quantitative estimate of drug-likeness (QED) is 0.910. The van der Waals surface area contributed by atoms with Gasteiger partial charge in [0.25, 0.3) is 0 Å². The van der Waals surface area contributed by atoms with Crippen molar-refractivity contribution in [3.05, 3.63) is 30.7 Å². The molecule has 126 valence electrons. The van der Waals surface area contributed by atoms with Gasteiger partial charge >= 0.3 is 0 Å². The molecule has 0 unspecified atom stereocenters. The van der Waals surface area contributed by atoms with Crippen LogP contribution >= 0.6 is 0 Å². The van der Waals surface area contributed by atoms with E-state index in [4.69, 9.17) is 4.74 Å². The van der Waals surface area contributed by atoms with Gasteiger partial charge in [0, 0.05) is 17.7 Å². The highest BCUT2D eigenvalue weighted by Gasteiger charge is 2.21. The second-order valence-corrected chi connectivity index (χ2v) is 5.93. The number of nitrogens with one attached hydrogen (secondary N) is 1. The molecule has 1 fully saturated rings. The van der Waals surface area contributed by atoms with Crippen LogP contribution in [0.2, 0.25) is 0 Å². The van der Waals surface area contributed by atoms with Crippen molar-refractivity contribution in [2.24, 2.45) is 5.92 Å². The number of pyridine rings is 1. The zero-order valence-corrected chi connectivity index (χ0v) is 13.9. The molecule has 2 aromatic rings. The van der Waals surface area contributed by atoms with Crippen LogP contribution in [0.25, 0.3) is 11.3 Å². The number of ether oxygens (including phenoxy) is 1. The molecule has 0 bridgehead atoms. The summed E-state index contributed by atoms with van der Waals surface area (Å²) in [4.78, 5) is 25.1. The minimum absolute atomic E-state index is 0.0769. The minimum Gasteiger partial charge on any atom is -0.477 e. The zero-order chi connectivity index (χ0) is 16.8. The number of carbonyl (C=O) groups is 1. The highest BCUT2D eigenvalue weighted by Crippen LogP contribution is 2.25. The number of hydrogen-bond acceptors (Lipinski definition) is 5. The standard InChI is InChI=1S/C18H22N4O2/c1-2-24-17-12-19-11-15(21-17)14-8-9-16(20-10-14)22-18(23)13-6-4-3-5-7-13/h8-13H,2-7H2,1H3,(H,20,22,23). The van der Waals surface area contributed by atoms with Gasteiger partial charge in [-0.25, -0.2) is 9.97 Å². The first kappa shape index (κ1) is 16.4. The van der Waals surface area contributed by atoms with Crippen LogP contribution in [0.4, 0.5) is 5.82 Å². The third-order valence-electron chi connectivity index (χ3n) is 4.19. The minimum atomic E-state index is 0.0769. The van der Waals surface area contributed by atoms with Crippen molar-refractivity contribution in [1.82, 2.24) is 15.0 Å². The molecular formula is C18H22N4O2. The molecule has 0 saturated heterocycles. The summed E-state index contributed by atoms with van der Waals surface area (Å²) in [5.41, 5.74) is 1.53. The Morgan fingerprint density at radius 1 is 1.21 bits per heavy atom. The van der Waals surface area contributed by atoms with E-state index in [1.807, 2.05) is 13.0 Å². The van der Waals surface area contributed by atoms with E-state index in [0.29, 0.717) is 24.0 Å². The molecule has 0 aliphatic heterocycles. The van der Waals surface area contributed by atoms with Crippen molar-refractivity contribution >= 4 is 11.7 Å². The summed E-state index contributed by atoms with van der Waals surface area (Å²) in [6.45, 7) is 2.45. The number of anilines is 1. The fourth-order valence-corrected chi connectivity index (χ4v) is 2.92. The van der Waals surface area contributed by atoms with Crippen molar-refractivity contribution in [3.63, 3.8) is 0 Å². The fraction of sp³-hybridized carbons (Fsp3) is 0.444. The van der Waals surface area contributed by atoms with Gasteiger partial charge in [-0.1, -0.05) is 19.3 Å². The maximum absolute atomic E-state index is 12.2. The highest BCUT2D eigenvalue weighted by molar-refractivity contribution is 5.91. The molecule has 0 atom stereocenters. The van der Waals surface area contributed by atoms with E-state index in [-0.39, 0.29) is 11.8 Å². The van der Waals surface area contributed by atoms with Crippen molar-refractivity contribution < 1.29 is 9.53 Å². The lowest BCUT2D eigenvalue weighted by molar-refractivity contribution is -0.120. The third-order valence-corrected chi connectivity index (χ3v) is 4.19. The topological polar surface area (TPSA) is 77.0 Å². The van der Waals surface area contributed by atoms with E-state index in [2.05, 4.69) is 20.3 Å². The second-order valence-electron chi connectivity index (χ2n) is 5.93. The lowest BCUT2D eigenvalue weighted by atomic mass is 9.89. The molecule has 2 heterocycles. The Morgan fingerprint density at radius 3 is 2.75 bits per heavy atom. The van der Waals surface area contributed by atoms with Crippen LogP contribution in [-0.4, -0.2) is 27.5 Å². The zero-order valence-electron chi connectivity index (χ0n) is 13.9. The lowest BCUT2D eigenvalue weighted by Gasteiger charge is -2.20. The van der Waals surface area contributed by atoms with Gasteiger partial charge in [0.05, 0.1) is 24.7 Å². The van der Waals surface area contributed by atoms with Crippen molar-refractivity contribution in [1.29, 1.82) is 0 Å². The predicted octanol–water partition coefficient (Wildman–Crippen LogP) is 3.46. The average molecular weight is 326 g/mol. The molecule has 0 radical (unpaired) electrons. The Labute approximate surface area is 141 Å². The maximum atomic E-state index is 12.2. The van der Waals surface area contributed by atoms with Gasteiger partial charge in [0.2, 0.25) is 11.8 Å². The van der Waals surface area contributed by atoms with Crippen molar-refractivity contribution in [2.45, 2.75) is 39.0 Å². The normalized spacial score (nSPS) is 15.0. The predicted molar refractivity (Wildman–Crippen MR) is 91.6 cm³/mol. The smallest absolute Gasteiger partial charge is 0.232 e. The molecule has 2 aromatic heterocycles. The van der Waals surface area contributed by atoms with E-state index in [0.717, 1.165) is 31.2 Å². The first-order valence-electron chi connectivity index (χ1n) is 8.48. The van der Waals surface area contributed by atoms with Crippen molar-refractivity contribution in [3.8, 4) is 17.1 Å². The Kier molecular flexibility index (Phi) is 5.36. The monoisotopic (exact) mass is 326 g/mol. The summed E-state index contributed by atoms with van der Waals surface area (Å²) in [7, 11) is 0. The van der Waals surface area contributed by atoms with E-state index >= 15 is 0 Å². The number of carbonyl (C=O) groups excluding carboxylic acids is 1. The fourth-order valence-electron chi connectivity index (χ4n) is 2.92. The van der Waals surface area contributed by atoms with Crippen LogP contribution in [0.1, 0.15) is 39.0 Å². The van der Waals surface area contributed by atoms with E-state index in [1.54, 1.807) is 24.7 Å². The Bertz CT molecular complexity index is 682. The van der Waals surface area contributed by atoms with Crippen LogP contribution in [0.3, 0.4) is 0 Å². The van der Waals surface area contributed by atoms with Gasteiger partial charge in [0.1, 0.15) is 5.82 Å². The third kappa shape index (κ3) is 4.07. The second kappa shape index (κ2) is 7.86. The van der Waals surface area contributed by atoms with Gasteiger partial charge in [-0.3, -0.25) is 9.78 Å². The highest BCUT2D eigenvalue weighted by atomic mass is 16.5. The van der Waals surface area contributed by atoms with Crippen LogP contribution < -0.4 is 10.1 Å². The summed E-state index contributed by atoms with van der Waals surface area (Å²) in [6, 6.07) is 3.67. The molecule has 0 spiro atoms. The Balaban J connectivity index is 1.66. The number of amides is 1. The summed E-state index contributed by atoms with van der Waals surface area (Å²) in [5.74, 6) is 1.26. The van der Waals surface area contributed by atoms with Crippen LogP contribution in [0.15, 0.2) is 30.7 Å². The first-order chi connectivity index (χ1) is 11.8. The molecule has 1 N–H and O–H groups in total. The van der Waals surface area contributed by atoms with Crippen LogP contribution in [0, 0.1) is 5.92 Å². The molecule has 1 aliphatic carbocycles. The summed E-state index contributed by atoms with van der Waals surface area (Å²) >= 11 is 0. The molecule has 1 aliphatic rings. The van der Waals surface area contributed by atoms with E-state index in [9.17, 15) is 4.79 Å². The molecule has 24 heavy (non-hydrogen) atoms. The van der Waals surface area contributed by atoms with Crippen LogP contribution in [-0.2, 0) is 4.79 Å². The molecule has 0 aromatic carbocycles. The Hall–Kier alpha value is -2.50. The average Bonchev–Trinajstić information content (AvgIpc) is 2.63. The van der Waals surface area contributed by atoms with Gasteiger partial charge < -0.3 is 10.1 Å². The molecule has 3 rings (SSSR count). The summed E-state index contributed by atoms with van der Waals surface area (Å²) < 4.78 is 5.36. The van der Waals surface area contributed by atoms with Crippen molar-refractivity contribution in [2.75, 3.05) is 11.9 Å². The molecule has 6 nitrogen and oxygen atoms in total. The van der Waals surface area contributed by atoms with Gasteiger partial charge in [0.15, 0.2) is 0 Å². The SMILES string of the molecule is CCOc1cncc(-c2ccc(NC(=O)C3CCCCC3)nc2)n1. The summed E-state index contributed by atoms with van der Waals surface area (Å²) in [5, 5.41) is 2.91. The van der Waals surface area contributed by atoms with E-state index < -0.39 is 0 Å².